The second kappa shape index (κ2) is 4.47. The summed E-state index contributed by atoms with van der Waals surface area (Å²) in [5.74, 6) is 0. The molecular weight excluding hydrogens is 274 g/mol. The summed E-state index contributed by atoms with van der Waals surface area (Å²) in [5.41, 5.74) is 1.44. The van der Waals surface area contributed by atoms with Gasteiger partial charge in [0.25, 0.3) is 10.0 Å². The molecule has 19 heavy (non-hydrogen) atoms. The zero-order chi connectivity index (χ0) is 14.3. The molecule has 2 heterocycles. The number of rotatable bonds is 3. The van der Waals surface area contributed by atoms with E-state index in [1.807, 2.05) is 5.32 Å². The molecule has 0 aromatic carbocycles. The van der Waals surface area contributed by atoms with Gasteiger partial charge in [0.1, 0.15) is 0 Å². The molecule has 2 aliphatic rings. The van der Waals surface area contributed by atoms with E-state index in [2.05, 4.69) is 15.6 Å². The highest BCUT2D eigenvalue weighted by Gasteiger charge is 2.49. The fourth-order valence-corrected chi connectivity index (χ4v) is 3.05. The van der Waals surface area contributed by atoms with Gasteiger partial charge in [-0.3, -0.25) is 5.32 Å². The Kier molecular flexibility index (Phi) is 3.24. The number of carboxylic acid groups (broad SMARTS) is 1. The van der Waals surface area contributed by atoms with Gasteiger partial charge in [-0.15, -0.1) is 0 Å². The Bertz CT molecular complexity index is 567. The zero-order valence-corrected chi connectivity index (χ0v) is 11.3. The standard InChI is InChI=1S/C9H15N5O4S/c1-14(2)19(17,18)9(13-8(15)16)11-4-6-3-10-5-7(6)12-9/h4,10,12-13H,3,5H2,1-2H3,(H,15,16). The Morgan fingerprint density at radius 2 is 2.21 bits per heavy atom. The Morgan fingerprint density at radius 1 is 1.53 bits per heavy atom. The Hall–Kier alpha value is -1.65. The SMILES string of the molecule is CN(C)S(=O)(=O)C1(NC(=O)O)N=CC2=C(CNC2)N1. The molecule has 106 valence electrons. The lowest BCUT2D eigenvalue weighted by atomic mass is 10.2. The van der Waals surface area contributed by atoms with Crippen molar-refractivity contribution >= 4 is 22.3 Å². The third-order valence-corrected chi connectivity index (χ3v) is 4.88. The first-order chi connectivity index (χ1) is 8.78. The van der Waals surface area contributed by atoms with Crippen molar-refractivity contribution in [3.63, 3.8) is 0 Å². The summed E-state index contributed by atoms with van der Waals surface area (Å²) in [7, 11) is -1.40. The fraction of sp³-hybridized carbons (Fsp3) is 0.556. The normalized spacial score (nSPS) is 26.3. The van der Waals surface area contributed by atoms with Crippen LogP contribution in [0.1, 0.15) is 0 Å². The molecule has 2 rings (SSSR count). The lowest BCUT2D eigenvalue weighted by molar-refractivity contribution is 0.183. The minimum atomic E-state index is -4.02. The molecule has 9 nitrogen and oxygen atoms in total. The summed E-state index contributed by atoms with van der Waals surface area (Å²) >= 11 is 0. The van der Waals surface area contributed by atoms with Gasteiger partial charge in [-0.1, -0.05) is 0 Å². The predicted molar refractivity (Wildman–Crippen MR) is 68.0 cm³/mol. The number of nitrogens with one attached hydrogen (secondary N) is 3. The van der Waals surface area contributed by atoms with E-state index in [0.717, 1.165) is 9.88 Å². The number of hydrogen-bond donors (Lipinski definition) is 4. The van der Waals surface area contributed by atoms with E-state index in [-0.39, 0.29) is 0 Å². The Morgan fingerprint density at radius 3 is 2.79 bits per heavy atom. The predicted octanol–water partition coefficient (Wildman–Crippen LogP) is -1.71. The summed E-state index contributed by atoms with van der Waals surface area (Å²) in [6.07, 6.45) is -0.104. The molecule has 0 radical (unpaired) electrons. The van der Waals surface area contributed by atoms with E-state index in [9.17, 15) is 13.2 Å². The molecule has 4 N–H and O–H groups in total. The molecule has 10 heteroatoms. The summed E-state index contributed by atoms with van der Waals surface area (Å²) < 4.78 is 25.5. The number of nitrogens with zero attached hydrogens (tertiary/aromatic N) is 2. The van der Waals surface area contributed by atoms with Gasteiger partial charge in [0, 0.05) is 44.7 Å². The first kappa shape index (κ1) is 13.8. The van der Waals surface area contributed by atoms with Crippen LogP contribution in [0.15, 0.2) is 16.3 Å². The van der Waals surface area contributed by atoms with E-state index >= 15 is 0 Å². The lowest BCUT2D eigenvalue weighted by Gasteiger charge is -2.35. The third-order valence-electron chi connectivity index (χ3n) is 2.86. The largest absolute Gasteiger partial charge is 0.465 e. The smallest absolute Gasteiger partial charge is 0.408 e. The molecule has 0 aromatic rings. The van der Waals surface area contributed by atoms with Crippen LogP contribution in [0.5, 0.6) is 0 Å². The minimum Gasteiger partial charge on any atom is -0.465 e. The van der Waals surface area contributed by atoms with Crippen molar-refractivity contribution in [2.24, 2.45) is 4.99 Å². The lowest BCUT2D eigenvalue weighted by Crippen LogP contribution is -2.65. The van der Waals surface area contributed by atoms with Crippen LogP contribution < -0.4 is 16.0 Å². The van der Waals surface area contributed by atoms with Crippen molar-refractivity contribution in [3.05, 3.63) is 11.3 Å². The molecule has 0 spiro atoms. The molecule has 0 bridgehead atoms. The van der Waals surface area contributed by atoms with Crippen molar-refractivity contribution < 1.29 is 18.3 Å². The maximum atomic E-state index is 12.3. The molecule has 0 aliphatic carbocycles. The quantitative estimate of drug-likeness (QED) is 0.490. The highest BCUT2D eigenvalue weighted by atomic mass is 32.2. The van der Waals surface area contributed by atoms with Crippen LogP contribution in [0.3, 0.4) is 0 Å². The summed E-state index contributed by atoms with van der Waals surface area (Å²) in [6.45, 7) is 1.00. The summed E-state index contributed by atoms with van der Waals surface area (Å²) in [5, 5.41) is 14.4. The van der Waals surface area contributed by atoms with Gasteiger partial charge in [-0.05, 0) is 0 Å². The molecule has 2 aliphatic heterocycles. The van der Waals surface area contributed by atoms with Crippen LogP contribution in [0.25, 0.3) is 0 Å². The van der Waals surface area contributed by atoms with E-state index in [4.69, 9.17) is 5.11 Å². The van der Waals surface area contributed by atoms with Crippen LogP contribution in [-0.2, 0) is 10.0 Å². The van der Waals surface area contributed by atoms with Gasteiger partial charge in [-0.2, -0.15) is 0 Å². The second-order valence-electron chi connectivity index (χ2n) is 4.35. The van der Waals surface area contributed by atoms with Crippen molar-refractivity contribution in [1.29, 1.82) is 0 Å². The monoisotopic (exact) mass is 289 g/mol. The maximum absolute atomic E-state index is 12.3. The number of carbonyl (C=O) groups is 1. The number of amides is 1. The number of aliphatic imine (C=N–C) groups is 1. The van der Waals surface area contributed by atoms with Crippen molar-refractivity contribution in [3.8, 4) is 0 Å². The van der Waals surface area contributed by atoms with Crippen molar-refractivity contribution in [2.45, 2.75) is 5.12 Å². The molecule has 0 aromatic heterocycles. The average molecular weight is 289 g/mol. The summed E-state index contributed by atoms with van der Waals surface area (Å²) in [4.78, 5) is 14.8. The van der Waals surface area contributed by atoms with Gasteiger partial charge >= 0.3 is 11.2 Å². The van der Waals surface area contributed by atoms with Crippen LogP contribution in [0.2, 0.25) is 0 Å². The van der Waals surface area contributed by atoms with E-state index in [1.165, 1.54) is 20.3 Å². The highest BCUT2D eigenvalue weighted by molar-refractivity contribution is 7.90. The molecule has 1 amide bonds. The molecule has 0 saturated carbocycles. The number of hydrogen-bond acceptors (Lipinski definition) is 6. The van der Waals surface area contributed by atoms with E-state index in [1.54, 1.807) is 0 Å². The Labute approximate surface area is 110 Å². The van der Waals surface area contributed by atoms with Crippen molar-refractivity contribution in [2.75, 3.05) is 27.2 Å². The van der Waals surface area contributed by atoms with E-state index in [0.29, 0.717) is 18.8 Å². The fourth-order valence-electron chi connectivity index (χ4n) is 1.86. The molecule has 0 fully saturated rings. The first-order valence-electron chi connectivity index (χ1n) is 5.48. The topological polar surface area (TPSA) is 123 Å². The second-order valence-corrected chi connectivity index (χ2v) is 6.62. The van der Waals surface area contributed by atoms with Gasteiger partial charge in [0.2, 0.25) is 0 Å². The number of sulfonamides is 1. The van der Waals surface area contributed by atoms with Gasteiger partial charge < -0.3 is 15.7 Å². The highest BCUT2D eigenvalue weighted by Crippen LogP contribution is 2.23. The molecule has 1 atom stereocenters. The van der Waals surface area contributed by atoms with Gasteiger partial charge in [0.15, 0.2) is 0 Å². The Balaban J connectivity index is 2.45. The summed E-state index contributed by atoms with van der Waals surface area (Å²) in [6, 6.07) is 0. The van der Waals surface area contributed by atoms with Gasteiger partial charge in [-0.25, -0.2) is 22.5 Å². The average Bonchev–Trinajstić information content (AvgIpc) is 2.74. The van der Waals surface area contributed by atoms with Crippen molar-refractivity contribution in [1.82, 2.24) is 20.3 Å². The van der Waals surface area contributed by atoms with E-state index < -0.39 is 21.2 Å². The van der Waals surface area contributed by atoms with Crippen LogP contribution in [-0.4, -0.2) is 62.4 Å². The van der Waals surface area contributed by atoms with Crippen LogP contribution in [0, 0.1) is 0 Å². The molecular formula is C9H15N5O4S. The first-order valence-corrected chi connectivity index (χ1v) is 6.92. The zero-order valence-electron chi connectivity index (χ0n) is 10.5. The van der Waals surface area contributed by atoms with Crippen LogP contribution in [0.4, 0.5) is 4.79 Å². The van der Waals surface area contributed by atoms with Crippen LogP contribution >= 0.6 is 0 Å². The third kappa shape index (κ3) is 2.17. The maximum Gasteiger partial charge on any atom is 0.408 e. The molecule has 1 unspecified atom stereocenters. The van der Waals surface area contributed by atoms with Gasteiger partial charge in [0.05, 0.1) is 0 Å². The molecule has 0 saturated heterocycles. The minimum absolute atomic E-state index is 0.438.